The van der Waals surface area contributed by atoms with E-state index in [4.69, 9.17) is 0 Å². The predicted molar refractivity (Wildman–Crippen MR) is 67.2 cm³/mol. The summed E-state index contributed by atoms with van der Waals surface area (Å²) >= 11 is 0. The minimum Gasteiger partial charge on any atom is -0.317 e. The number of piperidine rings is 1. The van der Waals surface area contributed by atoms with E-state index in [1.54, 1.807) is 0 Å². The normalized spacial score (nSPS) is 31.6. The molecular weight excluding hydrogens is 184 g/mol. The van der Waals surface area contributed by atoms with Crippen LogP contribution in [0.3, 0.4) is 0 Å². The van der Waals surface area contributed by atoms with E-state index in [1.807, 2.05) is 0 Å². The molecule has 2 nitrogen and oxygen atoms in total. The largest absolute Gasteiger partial charge is 0.317 e. The summed E-state index contributed by atoms with van der Waals surface area (Å²) in [7, 11) is 2.08. The summed E-state index contributed by atoms with van der Waals surface area (Å²) in [5.41, 5.74) is 0.390. The molecule has 1 N–H and O–H groups in total. The quantitative estimate of drug-likeness (QED) is 0.756. The van der Waals surface area contributed by atoms with Gasteiger partial charge in [0.15, 0.2) is 0 Å². The Morgan fingerprint density at radius 2 is 1.93 bits per heavy atom. The molecule has 1 fully saturated rings. The number of hydrogen-bond acceptors (Lipinski definition) is 2. The zero-order chi connectivity index (χ0) is 11.6. The van der Waals surface area contributed by atoms with E-state index in [2.05, 4.69) is 51.9 Å². The van der Waals surface area contributed by atoms with E-state index in [1.165, 1.54) is 19.4 Å². The van der Waals surface area contributed by atoms with Crippen molar-refractivity contribution in [3.63, 3.8) is 0 Å². The second kappa shape index (κ2) is 4.84. The van der Waals surface area contributed by atoms with Crippen LogP contribution in [0.5, 0.6) is 0 Å². The van der Waals surface area contributed by atoms with Crippen molar-refractivity contribution in [2.24, 2.45) is 5.41 Å². The van der Waals surface area contributed by atoms with Crippen molar-refractivity contribution in [1.29, 1.82) is 0 Å². The summed E-state index contributed by atoms with van der Waals surface area (Å²) < 4.78 is 0. The smallest absolute Gasteiger partial charge is 0.0118 e. The Hall–Kier alpha value is -0.0800. The Labute approximate surface area is 95.4 Å². The molecule has 1 saturated heterocycles. The van der Waals surface area contributed by atoms with Gasteiger partial charge in [-0.2, -0.15) is 0 Å². The molecule has 3 unspecified atom stereocenters. The number of nitrogens with zero attached hydrogens (tertiary/aromatic N) is 1. The van der Waals surface area contributed by atoms with Gasteiger partial charge in [-0.1, -0.05) is 20.8 Å². The van der Waals surface area contributed by atoms with E-state index in [-0.39, 0.29) is 0 Å². The molecular formula is C13H28N2. The van der Waals surface area contributed by atoms with E-state index in [0.29, 0.717) is 17.5 Å². The summed E-state index contributed by atoms with van der Waals surface area (Å²) in [5.74, 6) is 0. The van der Waals surface area contributed by atoms with Crippen molar-refractivity contribution < 1.29 is 0 Å². The average Bonchev–Trinajstić information content (AvgIpc) is 2.15. The van der Waals surface area contributed by atoms with Gasteiger partial charge in [-0.25, -0.2) is 0 Å². The SMILES string of the molecule is CNC1CCN(C(C)C(C)(C)C)C(C)C1. The zero-order valence-corrected chi connectivity index (χ0v) is 11.3. The minimum atomic E-state index is 0.390. The first-order valence-corrected chi connectivity index (χ1v) is 6.29. The first-order chi connectivity index (χ1) is 6.86. The first kappa shape index (κ1) is 13.0. The van der Waals surface area contributed by atoms with Crippen molar-refractivity contribution in [1.82, 2.24) is 10.2 Å². The van der Waals surface area contributed by atoms with Gasteiger partial charge in [-0.15, -0.1) is 0 Å². The molecule has 90 valence electrons. The van der Waals surface area contributed by atoms with Crippen LogP contribution in [-0.4, -0.2) is 36.6 Å². The van der Waals surface area contributed by atoms with Gasteiger partial charge in [0.25, 0.3) is 0 Å². The molecule has 15 heavy (non-hydrogen) atoms. The standard InChI is InChI=1S/C13H28N2/c1-10-9-12(14-6)7-8-15(10)11(2)13(3,4)5/h10-12,14H,7-9H2,1-6H3. The van der Waals surface area contributed by atoms with Crippen LogP contribution in [0.4, 0.5) is 0 Å². The summed E-state index contributed by atoms with van der Waals surface area (Å²) in [5, 5.41) is 3.41. The fourth-order valence-electron chi connectivity index (χ4n) is 2.53. The third-order valence-corrected chi connectivity index (χ3v) is 4.09. The molecule has 1 aliphatic heterocycles. The van der Waals surface area contributed by atoms with Crippen LogP contribution in [-0.2, 0) is 0 Å². The Bertz CT molecular complexity index is 195. The molecule has 0 saturated carbocycles. The Kier molecular flexibility index (Phi) is 4.19. The molecule has 0 aromatic carbocycles. The van der Waals surface area contributed by atoms with Crippen LogP contribution < -0.4 is 5.32 Å². The lowest BCUT2D eigenvalue weighted by molar-refractivity contribution is 0.0422. The van der Waals surface area contributed by atoms with Crippen LogP contribution >= 0.6 is 0 Å². The topological polar surface area (TPSA) is 15.3 Å². The molecule has 0 amide bonds. The van der Waals surface area contributed by atoms with Crippen LogP contribution in [0, 0.1) is 5.41 Å². The van der Waals surface area contributed by atoms with Crippen LogP contribution in [0.2, 0.25) is 0 Å². The summed E-state index contributed by atoms with van der Waals surface area (Å²) in [6, 6.07) is 2.11. The van der Waals surface area contributed by atoms with Crippen LogP contribution in [0.1, 0.15) is 47.5 Å². The van der Waals surface area contributed by atoms with E-state index >= 15 is 0 Å². The number of rotatable bonds is 2. The summed E-state index contributed by atoms with van der Waals surface area (Å²) in [6.45, 7) is 13.0. The molecule has 0 aromatic heterocycles. The monoisotopic (exact) mass is 212 g/mol. The lowest BCUT2D eigenvalue weighted by atomic mass is 9.84. The fourth-order valence-corrected chi connectivity index (χ4v) is 2.53. The predicted octanol–water partition coefficient (Wildman–Crippen LogP) is 2.49. The number of nitrogens with one attached hydrogen (secondary N) is 1. The Morgan fingerprint density at radius 3 is 2.33 bits per heavy atom. The average molecular weight is 212 g/mol. The van der Waals surface area contributed by atoms with E-state index < -0.39 is 0 Å². The first-order valence-electron chi connectivity index (χ1n) is 6.29. The molecule has 0 spiro atoms. The third-order valence-electron chi connectivity index (χ3n) is 4.09. The van der Waals surface area contributed by atoms with Gasteiger partial charge in [0.1, 0.15) is 0 Å². The van der Waals surface area contributed by atoms with Crippen molar-refractivity contribution in [2.75, 3.05) is 13.6 Å². The molecule has 2 heteroatoms. The molecule has 0 bridgehead atoms. The highest BCUT2D eigenvalue weighted by Gasteiger charge is 2.33. The second-order valence-electron chi connectivity index (χ2n) is 6.14. The van der Waals surface area contributed by atoms with Gasteiger partial charge in [0.2, 0.25) is 0 Å². The van der Waals surface area contributed by atoms with Gasteiger partial charge >= 0.3 is 0 Å². The maximum Gasteiger partial charge on any atom is 0.0118 e. The maximum absolute atomic E-state index is 3.41. The Balaban J connectivity index is 2.58. The molecule has 0 aromatic rings. The number of likely N-dealkylation sites (tertiary alicyclic amines) is 1. The van der Waals surface area contributed by atoms with Crippen molar-refractivity contribution in [3.05, 3.63) is 0 Å². The lowest BCUT2D eigenvalue weighted by Crippen LogP contribution is -2.53. The highest BCUT2D eigenvalue weighted by molar-refractivity contribution is 4.88. The van der Waals surface area contributed by atoms with Crippen molar-refractivity contribution in [2.45, 2.75) is 65.6 Å². The third kappa shape index (κ3) is 3.18. The van der Waals surface area contributed by atoms with Gasteiger partial charge in [-0.3, -0.25) is 4.90 Å². The van der Waals surface area contributed by atoms with Crippen molar-refractivity contribution >= 4 is 0 Å². The molecule has 1 heterocycles. The summed E-state index contributed by atoms with van der Waals surface area (Å²) in [6.07, 6.45) is 2.58. The van der Waals surface area contributed by atoms with Gasteiger partial charge in [0, 0.05) is 24.7 Å². The molecule has 1 aliphatic rings. The second-order valence-corrected chi connectivity index (χ2v) is 6.14. The van der Waals surface area contributed by atoms with Gasteiger partial charge in [-0.05, 0) is 39.2 Å². The lowest BCUT2D eigenvalue weighted by Gasteiger charge is -2.46. The van der Waals surface area contributed by atoms with E-state index in [9.17, 15) is 0 Å². The van der Waals surface area contributed by atoms with Crippen LogP contribution in [0.15, 0.2) is 0 Å². The minimum absolute atomic E-state index is 0.390. The Morgan fingerprint density at radius 1 is 1.33 bits per heavy atom. The van der Waals surface area contributed by atoms with E-state index in [0.717, 1.165) is 6.04 Å². The molecule has 0 radical (unpaired) electrons. The van der Waals surface area contributed by atoms with Gasteiger partial charge < -0.3 is 5.32 Å². The number of hydrogen-bond donors (Lipinski definition) is 1. The van der Waals surface area contributed by atoms with Crippen LogP contribution in [0.25, 0.3) is 0 Å². The maximum atomic E-state index is 3.41. The fraction of sp³-hybridized carbons (Fsp3) is 1.00. The highest BCUT2D eigenvalue weighted by atomic mass is 15.2. The van der Waals surface area contributed by atoms with Gasteiger partial charge in [0.05, 0.1) is 0 Å². The highest BCUT2D eigenvalue weighted by Crippen LogP contribution is 2.29. The zero-order valence-electron chi connectivity index (χ0n) is 11.3. The molecule has 3 atom stereocenters. The molecule has 1 rings (SSSR count). The summed E-state index contributed by atoms with van der Waals surface area (Å²) in [4.78, 5) is 2.67. The van der Waals surface area contributed by atoms with Crippen molar-refractivity contribution in [3.8, 4) is 0 Å². The molecule has 0 aliphatic carbocycles.